The summed E-state index contributed by atoms with van der Waals surface area (Å²) in [5.41, 5.74) is 9.52. The second kappa shape index (κ2) is 11.7. The molecule has 1 aromatic heterocycles. The van der Waals surface area contributed by atoms with E-state index in [0.717, 1.165) is 33.0 Å². The van der Waals surface area contributed by atoms with Crippen molar-refractivity contribution in [1.29, 1.82) is 0 Å². The van der Waals surface area contributed by atoms with Gasteiger partial charge in [0.25, 0.3) is 0 Å². The van der Waals surface area contributed by atoms with Crippen molar-refractivity contribution in [2.24, 2.45) is 5.73 Å². The summed E-state index contributed by atoms with van der Waals surface area (Å²) in [5.74, 6) is -0.217. The molecule has 206 valence electrons. The lowest BCUT2D eigenvalue weighted by Crippen LogP contribution is -2.47. The van der Waals surface area contributed by atoms with Gasteiger partial charge < -0.3 is 16.2 Å². The number of nitrogens with two attached hydrogens (primary N) is 1. The molecule has 5 heteroatoms. The summed E-state index contributed by atoms with van der Waals surface area (Å²) in [6.45, 7) is 0.0881. The maximum absolute atomic E-state index is 15.1. The SMILES string of the molecule is NCc1c(O)cncc1[C@H](NC(=O)C(c1ccccc1)(c1ccccc1)c1ccccc1)c1ccc2ccccc2c1. The largest absolute Gasteiger partial charge is 0.506 e. The third-order valence-corrected chi connectivity index (χ3v) is 7.93. The van der Waals surface area contributed by atoms with Crippen LogP contribution in [-0.2, 0) is 16.8 Å². The number of hydrogen-bond donors (Lipinski definition) is 3. The molecule has 0 bridgehead atoms. The molecule has 6 aromatic rings. The summed E-state index contributed by atoms with van der Waals surface area (Å²) < 4.78 is 0. The number of amides is 1. The van der Waals surface area contributed by atoms with Crippen LogP contribution in [0.1, 0.15) is 39.4 Å². The Hall–Kier alpha value is -5.26. The molecule has 5 aromatic carbocycles. The predicted octanol–water partition coefficient (Wildman–Crippen LogP) is 6.64. The quantitative estimate of drug-likeness (QED) is 0.186. The van der Waals surface area contributed by atoms with E-state index in [1.54, 1.807) is 6.20 Å². The van der Waals surface area contributed by atoms with Gasteiger partial charge in [-0.15, -0.1) is 0 Å². The summed E-state index contributed by atoms with van der Waals surface area (Å²) in [5, 5.41) is 16.3. The van der Waals surface area contributed by atoms with Crippen LogP contribution in [0.4, 0.5) is 0 Å². The number of rotatable bonds is 8. The van der Waals surface area contributed by atoms with E-state index in [4.69, 9.17) is 5.73 Å². The standard InChI is InChI=1S/C37H31N3O2/c38-23-32-33(24-39-25-34(32)41)35(28-21-20-26-12-10-11-13-27(26)22-28)40-36(42)37(29-14-4-1-5-15-29,30-16-6-2-7-17-30)31-18-8-3-9-19-31/h1-22,24-25,35,41H,23,38H2,(H,40,42)/t35-/m1/s1. The van der Waals surface area contributed by atoms with Crippen molar-refractivity contribution in [2.75, 3.05) is 0 Å². The fourth-order valence-electron chi connectivity index (χ4n) is 5.89. The fourth-order valence-corrected chi connectivity index (χ4v) is 5.89. The average Bonchev–Trinajstić information content (AvgIpc) is 3.05. The van der Waals surface area contributed by atoms with Gasteiger partial charge in [0.2, 0.25) is 5.91 Å². The molecule has 0 saturated carbocycles. The van der Waals surface area contributed by atoms with E-state index >= 15 is 4.79 Å². The Morgan fingerprint density at radius 3 is 1.79 bits per heavy atom. The van der Waals surface area contributed by atoms with Gasteiger partial charge in [0, 0.05) is 23.9 Å². The molecule has 6 rings (SSSR count). The number of fused-ring (bicyclic) bond motifs is 1. The van der Waals surface area contributed by atoms with Crippen molar-refractivity contribution >= 4 is 16.7 Å². The molecule has 0 aliphatic carbocycles. The Balaban J connectivity index is 1.59. The highest BCUT2D eigenvalue weighted by molar-refractivity contribution is 5.97. The van der Waals surface area contributed by atoms with Gasteiger partial charge in [-0.1, -0.05) is 127 Å². The fraction of sp³-hybridized carbons (Fsp3) is 0.0811. The first-order valence-corrected chi connectivity index (χ1v) is 13.9. The van der Waals surface area contributed by atoms with Gasteiger partial charge in [0.05, 0.1) is 12.2 Å². The van der Waals surface area contributed by atoms with E-state index in [0.29, 0.717) is 11.1 Å². The lowest BCUT2D eigenvalue weighted by molar-refractivity contribution is -0.124. The molecule has 0 aliphatic heterocycles. The zero-order chi connectivity index (χ0) is 28.9. The summed E-state index contributed by atoms with van der Waals surface area (Å²) in [6, 6.07) is 43.1. The van der Waals surface area contributed by atoms with Crippen LogP contribution in [0.25, 0.3) is 10.8 Å². The summed E-state index contributed by atoms with van der Waals surface area (Å²) in [6.07, 6.45) is 3.06. The number of nitrogens with one attached hydrogen (secondary N) is 1. The molecule has 0 fully saturated rings. The lowest BCUT2D eigenvalue weighted by Gasteiger charge is -2.36. The van der Waals surface area contributed by atoms with E-state index in [9.17, 15) is 5.11 Å². The first-order chi connectivity index (χ1) is 20.6. The number of pyridine rings is 1. The summed E-state index contributed by atoms with van der Waals surface area (Å²) in [7, 11) is 0. The number of nitrogens with zero attached hydrogens (tertiary/aromatic N) is 1. The van der Waals surface area contributed by atoms with Crippen LogP contribution in [0.2, 0.25) is 0 Å². The maximum atomic E-state index is 15.1. The van der Waals surface area contributed by atoms with Crippen molar-refractivity contribution < 1.29 is 9.90 Å². The van der Waals surface area contributed by atoms with Gasteiger partial charge in [0.1, 0.15) is 11.2 Å². The van der Waals surface area contributed by atoms with Crippen molar-refractivity contribution in [3.63, 3.8) is 0 Å². The van der Waals surface area contributed by atoms with Crippen molar-refractivity contribution in [3.05, 3.63) is 179 Å². The molecule has 0 aliphatic rings. The molecule has 0 unspecified atom stereocenters. The van der Waals surface area contributed by atoms with E-state index < -0.39 is 11.5 Å². The second-order valence-corrected chi connectivity index (χ2v) is 10.3. The Morgan fingerprint density at radius 1 is 0.714 bits per heavy atom. The number of hydrogen-bond acceptors (Lipinski definition) is 4. The lowest BCUT2D eigenvalue weighted by atomic mass is 9.68. The van der Waals surface area contributed by atoms with Crippen LogP contribution in [0.15, 0.2) is 146 Å². The van der Waals surface area contributed by atoms with Gasteiger partial charge in [-0.05, 0) is 39.1 Å². The summed E-state index contributed by atoms with van der Waals surface area (Å²) >= 11 is 0. The van der Waals surface area contributed by atoms with Gasteiger partial charge in [-0.3, -0.25) is 9.78 Å². The van der Waals surface area contributed by atoms with Crippen LogP contribution < -0.4 is 11.1 Å². The smallest absolute Gasteiger partial charge is 0.240 e. The van der Waals surface area contributed by atoms with Gasteiger partial charge in [0.15, 0.2) is 0 Å². The third kappa shape index (κ3) is 4.80. The molecule has 1 heterocycles. The highest BCUT2D eigenvalue weighted by Gasteiger charge is 2.44. The minimum Gasteiger partial charge on any atom is -0.506 e. The Bertz CT molecular complexity index is 1730. The zero-order valence-corrected chi connectivity index (χ0v) is 23.0. The minimum absolute atomic E-state index is 0.00419. The van der Waals surface area contributed by atoms with Crippen LogP contribution >= 0.6 is 0 Å². The zero-order valence-electron chi connectivity index (χ0n) is 23.0. The molecular formula is C37H31N3O2. The summed E-state index contributed by atoms with van der Waals surface area (Å²) in [4.78, 5) is 19.4. The average molecular weight is 550 g/mol. The highest BCUT2D eigenvalue weighted by atomic mass is 16.3. The van der Waals surface area contributed by atoms with E-state index in [2.05, 4.69) is 22.4 Å². The Labute approximate surface area is 245 Å². The van der Waals surface area contributed by atoms with Crippen molar-refractivity contribution in [2.45, 2.75) is 18.0 Å². The first kappa shape index (κ1) is 26.9. The van der Waals surface area contributed by atoms with Crippen molar-refractivity contribution in [3.8, 4) is 5.75 Å². The van der Waals surface area contributed by atoms with E-state index in [1.807, 2.05) is 121 Å². The number of benzene rings is 5. The van der Waals surface area contributed by atoms with Gasteiger partial charge in [-0.2, -0.15) is 0 Å². The monoisotopic (exact) mass is 549 g/mol. The predicted molar refractivity (Wildman–Crippen MR) is 167 cm³/mol. The van der Waals surface area contributed by atoms with Crippen molar-refractivity contribution in [1.82, 2.24) is 10.3 Å². The van der Waals surface area contributed by atoms with Crippen LogP contribution in [0, 0.1) is 0 Å². The molecule has 0 radical (unpaired) electrons. The van der Waals surface area contributed by atoms with Crippen LogP contribution in [0.5, 0.6) is 5.75 Å². The van der Waals surface area contributed by atoms with Crippen LogP contribution in [0.3, 0.4) is 0 Å². The Kier molecular flexibility index (Phi) is 7.50. The molecule has 1 atom stereocenters. The molecule has 42 heavy (non-hydrogen) atoms. The second-order valence-electron chi connectivity index (χ2n) is 10.3. The molecule has 0 spiro atoms. The van der Waals surface area contributed by atoms with Crippen LogP contribution in [-0.4, -0.2) is 16.0 Å². The normalized spacial score (nSPS) is 12.1. The first-order valence-electron chi connectivity index (χ1n) is 13.9. The van der Waals surface area contributed by atoms with E-state index in [1.165, 1.54) is 6.20 Å². The molecule has 5 nitrogen and oxygen atoms in total. The third-order valence-electron chi connectivity index (χ3n) is 7.93. The Morgan fingerprint density at radius 2 is 1.24 bits per heavy atom. The molecule has 0 saturated heterocycles. The highest BCUT2D eigenvalue weighted by Crippen LogP contribution is 2.41. The molecular weight excluding hydrogens is 518 g/mol. The molecule has 1 amide bonds. The topological polar surface area (TPSA) is 88.2 Å². The maximum Gasteiger partial charge on any atom is 0.240 e. The molecule has 4 N–H and O–H groups in total. The number of aromatic hydroxyl groups is 1. The number of carbonyl (C=O) groups excluding carboxylic acids is 1. The number of aromatic nitrogens is 1. The number of carbonyl (C=O) groups is 1. The van der Waals surface area contributed by atoms with E-state index in [-0.39, 0.29) is 18.2 Å². The van der Waals surface area contributed by atoms with Gasteiger partial charge in [-0.25, -0.2) is 0 Å². The van der Waals surface area contributed by atoms with Gasteiger partial charge >= 0.3 is 0 Å². The minimum atomic E-state index is -1.17.